The predicted octanol–water partition coefficient (Wildman–Crippen LogP) is 5.46. The van der Waals surface area contributed by atoms with Crippen molar-refractivity contribution in [2.45, 2.75) is 32.0 Å². The Kier molecular flexibility index (Phi) is 4.60. The summed E-state index contributed by atoms with van der Waals surface area (Å²) in [6.45, 7) is 1.09. The molecule has 0 unspecified atom stereocenters. The van der Waals surface area contributed by atoms with Crippen LogP contribution in [0.1, 0.15) is 24.0 Å². The summed E-state index contributed by atoms with van der Waals surface area (Å²) in [5.41, 5.74) is 1.93. The van der Waals surface area contributed by atoms with E-state index in [0.29, 0.717) is 17.7 Å². The quantitative estimate of drug-likeness (QED) is 0.633. The third-order valence-electron chi connectivity index (χ3n) is 4.54. The van der Waals surface area contributed by atoms with Crippen molar-refractivity contribution in [3.63, 3.8) is 0 Å². The monoisotopic (exact) mass is 355 g/mol. The molecule has 1 fully saturated rings. The molecule has 1 N–H and O–H groups in total. The maximum atomic E-state index is 13.2. The van der Waals surface area contributed by atoms with Crippen LogP contribution in [0.3, 0.4) is 0 Å². The van der Waals surface area contributed by atoms with Gasteiger partial charge >= 0.3 is 0 Å². The number of ether oxygens (including phenoxy) is 1. The van der Waals surface area contributed by atoms with Gasteiger partial charge in [0.1, 0.15) is 18.2 Å². The van der Waals surface area contributed by atoms with Crippen LogP contribution in [0.4, 0.5) is 4.39 Å². The zero-order valence-electron chi connectivity index (χ0n) is 13.8. The minimum absolute atomic E-state index is 0.313. The molecule has 0 heterocycles. The van der Waals surface area contributed by atoms with Gasteiger partial charge in [-0.2, -0.15) is 0 Å². The molecule has 0 aliphatic heterocycles. The van der Waals surface area contributed by atoms with Gasteiger partial charge < -0.3 is 10.1 Å². The topological polar surface area (TPSA) is 21.3 Å². The molecule has 0 radical (unpaired) electrons. The zero-order chi connectivity index (χ0) is 17.2. The normalized spacial score (nSPS) is 14.0. The number of benzene rings is 3. The Balaban J connectivity index is 1.61. The molecule has 1 saturated carbocycles. The van der Waals surface area contributed by atoms with Crippen molar-refractivity contribution < 1.29 is 9.13 Å². The first-order chi connectivity index (χ1) is 12.2. The maximum Gasteiger partial charge on any atom is 0.124 e. The summed E-state index contributed by atoms with van der Waals surface area (Å²) in [4.78, 5) is 0. The van der Waals surface area contributed by atoms with Crippen molar-refractivity contribution in [3.05, 3.63) is 76.6 Å². The van der Waals surface area contributed by atoms with Crippen molar-refractivity contribution in [2.75, 3.05) is 0 Å². The summed E-state index contributed by atoms with van der Waals surface area (Å²) in [5.74, 6) is 0.501. The molecule has 0 bridgehead atoms. The molecule has 0 saturated heterocycles. The summed E-state index contributed by atoms with van der Waals surface area (Å²) in [5, 5.41) is 6.34. The Morgan fingerprint density at radius 2 is 1.92 bits per heavy atom. The molecule has 1 aliphatic carbocycles. The van der Waals surface area contributed by atoms with Gasteiger partial charge in [0.25, 0.3) is 0 Å². The lowest BCUT2D eigenvalue weighted by Gasteiger charge is -2.15. The van der Waals surface area contributed by atoms with Crippen LogP contribution in [0.25, 0.3) is 10.8 Å². The SMILES string of the molecule is Fc1ccc(COc2ccc3ccccc3c2CNC2CC2)c(Cl)c1. The summed E-state index contributed by atoms with van der Waals surface area (Å²) in [6, 6.07) is 17.4. The van der Waals surface area contributed by atoms with Gasteiger partial charge in [0.2, 0.25) is 0 Å². The minimum Gasteiger partial charge on any atom is -0.488 e. The number of hydrogen-bond acceptors (Lipinski definition) is 2. The van der Waals surface area contributed by atoms with Crippen LogP contribution >= 0.6 is 11.6 Å². The zero-order valence-corrected chi connectivity index (χ0v) is 14.5. The molecule has 3 aromatic carbocycles. The number of hydrogen-bond donors (Lipinski definition) is 1. The fraction of sp³-hybridized carbons (Fsp3) is 0.238. The first kappa shape index (κ1) is 16.4. The summed E-state index contributed by atoms with van der Waals surface area (Å²) < 4.78 is 19.3. The minimum atomic E-state index is -0.339. The van der Waals surface area contributed by atoms with Gasteiger partial charge in [-0.05, 0) is 41.8 Å². The largest absolute Gasteiger partial charge is 0.488 e. The van der Waals surface area contributed by atoms with Gasteiger partial charge in [0.15, 0.2) is 0 Å². The van der Waals surface area contributed by atoms with Crippen molar-refractivity contribution >= 4 is 22.4 Å². The third kappa shape index (κ3) is 3.78. The molecule has 128 valence electrons. The van der Waals surface area contributed by atoms with Crippen molar-refractivity contribution in [1.82, 2.24) is 5.32 Å². The molecule has 0 amide bonds. The summed E-state index contributed by atoms with van der Waals surface area (Å²) in [6.07, 6.45) is 2.48. The van der Waals surface area contributed by atoms with Crippen molar-refractivity contribution in [3.8, 4) is 5.75 Å². The molecular weight excluding hydrogens is 337 g/mol. The molecule has 4 rings (SSSR count). The summed E-state index contributed by atoms with van der Waals surface area (Å²) >= 11 is 6.11. The van der Waals surface area contributed by atoms with Crippen molar-refractivity contribution in [2.24, 2.45) is 0 Å². The number of nitrogens with one attached hydrogen (secondary N) is 1. The smallest absolute Gasteiger partial charge is 0.124 e. The Morgan fingerprint density at radius 1 is 1.08 bits per heavy atom. The fourth-order valence-electron chi connectivity index (χ4n) is 2.96. The van der Waals surface area contributed by atoms with Gasteiger partial charge in [-0.3, -0.25) is 0 Å². The molecule has 1 aliphatic rings. The third-order valence-corrected chi connectivity index (χ3v) is 4.89. The number of rotatable bonds is 6. The van der Waals surface area contributed by atoms with Crippen LogP contribution in [0.15, 0.2) is 54.6 Å². The highest BCUT2D eigenvalue weighted by molar-refractivity contribution is 6.31. The Morgan fingerprint density at radius 3 is 2.72 bits per heavy atom. The van der Waals surface area contributed by atoms with E-state index in [9.17, 15) is 4.39 Å². The first-order valence-corrected chi connectivity index (χ1v) is 8.89. The standard InChI is InChI=1S/C21H19ClFNO/c22-20-11-16(23)7-5-15(20)13-25-21-10-6-14-3-1-2-4-18(14)19(21)12-24-17-8-9-17/h1-7,10-11,17,24H,8-9,12-13H2. The van der Waals surface area contributed by atoms with Gasteiger partial charge in [0.05, 0.1) is 5.02 Å². The van der Waals surface area contributed by atoms with Crippen LogP contribution in [0.5, 0.6) is 5.75 Å². The van der Waals surface area contributed by atoms with Crippen LogP contribution in [-0.2, 0) is 13.2 Å². The second-order valence-electron chi connectivity index (χ2n) is 6.44. The molecule has 0 spiro atoms. The molecule has 25 heavy (non-hydrogen) atoms. The van der Waals surface area contributed by atoms with E-state index < -0.39 is 0 Å². The van der Waals surface area contributed by atoms with Gasteiger partial charge in [0, 0.05) is 23.7 Å². The van der Waals surface area contributed by atoms with E-state index in [1.54, 1.807) is 6.07 Å². The predicted molar refractivity (Wildman–Crippen MR) is 99.6 cm³/mol. The van der Waals surface area contributed by atoms with E-state index in [0.717, 1.165) is 23.4 Å². The molecule has 0 aromatic heterocycles. The van der Waals surface area contributed by atoms with Crippen LogP contribution in [0, 0.1) is 5.82 Å². The Hall–Kier alpha value is -2.10. The Bertz CT molecular complexity index is 908. The average Bonchev–Trinajstić information content (AvgIpc) is 3.44. The average molecular weight is 356 g/mol. The van der Waals surface area contributed by atoms with Gasteiger partial charge in [-0.1, -0.05) is 48.0 Å². The highest BCUT2D eigenvalue weighted by atomic mass is 35.5. The van der Waals surface area contributed by atoms with E-state index in [1.807, 2.05) is 18.2 Å². The van der Waals surface area contributed by atoms with E-state index >= 15 is 0 Å². The molecule has 3 aromatic rings. The van der Waals surface area contributed by atoms with E-state index in [4.69, 9.17) is 16.3 Å². The van der Waals surface area contributed by atoms with Crippen LogP contribution in [-0.4, -0.2) is 6.04 Å². The van der Waals surface area contributed by atoms with Gasteiger partial charge in [-0.25, -0.2) is 4.39 Å². The van der Waals surface area contributed by atoms with Gasteiger partial charge in [-0.15, -0.1) is 0 Å². The highest BCUT2D eigenvalue weighted by Crippen LogP contribution is 2.30. The second kappa shape index (κ2) is 7.03. The van der Waals surface area contributed by atoms with Crippen molar-refractivity contribution in [1.29, 1.82) is 0 Å². The van der Waals surface area contributed by atoms with Crippen LogP contribution < -0.4 is 10.1 Å². The van der Waals surface area contributed by atoms with E-state index in [2.05, 4.69) is 23.5 Å². The number of fused-ring (bicyclic) bond motifs is 1. The molecule has 4 heteroatoms. The second-order valence-corrected chi connectivity index (χ2v) is 6.85. The molecule has 2 nitrogen and oxygen atoms in total. The van der Waals surface area contributed by atoms with Crippen LogP contribution in [0.2, 0.25) is 5.02 Å². The highest BCUT2D eigenvalue weighted by Gasteiger charge is 2.21. The Labute approximate surface area is 151 Å². The molecule has 0 atom stereocenters. The lowest BCUT2D eigenvalue weighted by atomic mass is 10.0. The lowest BCUT2D eigenvalue weighted by Crippen LogP contribution is -2.16. The molecular formula is C21H19ClFNO. The van der Waals surface area contributed by atoms with E-state index in [-0.39, 0.29) is 5.82 Å². The maximum absolute atomic E-state index is 13.2. The number of halogens is 2. The van der Waals surface area contributed by atoms with E-state index in [1.165, 1.54) is 35.7 Å². The fourth-order valence-corrected chi connectivity index (χ4v) is 3.18. The lowest BCUT2D eigenvalue weighted by molar-refractivity contribution is 0.302. The summed E-state index contributed by atoms with van der Waals surface area (Å²) in [7, 11) is 0. The first-order valence-electron chi connectivity index (χ1n) is 8.51.